The van der Waals surface area contributed by atoms with Crippen molar-refractivity contribution in [3.63, 3.8) is 0 Å². The molecule has 0 atom stereocenters. The Balaban J connectivity index is 2.82. The van der Waals surface area contributed by atoms with E-state index in [2.05, 4.69) is 5.48 Å². The van der Waals surface area contributed by atoms with Crippen molar-refractivity contribution in [1.82, 2.24) is 5.48 Å². The van der Waals surface area contributed by atoms with E-state index in [0.717, 1.165) is 0 Å². The van der Waals surface area contributed by atoms with Gasteiger partial charge in [0.1, 0.15) is 5.75 Å². The Bertz CT molecular complexity index is 413. The van der Waals surface area contributed by atoms with Crippen LogP contribution in [0, 0.1) is 0 Å². The van der Waals surface area contributed by atoms with Gasteiger partial charge < -0.3 is 4.74 Å². The van der Waals surface area contributed by atoms with Crippen LogP contribution in [0.1, 0.15) is 31.1 Å². The number of rotatable bonds is 3. The fourth-order valence-corrected chi connectivity index (χ4v) is 1.27. The van der Waals surface area contributed by atoms with Crippen LogP contribution in [0.2, 0.25) is 5.02 Å². The molecule has 94 valence electrons. The summed E-state index contributed by atoms with van der Waals surface area (Å²) in [5, 5.41) is 0.509. The zero-order valence-electron chi connectivity index (χ0n) is 10.3. The minimum Gasteiger partial charge on any atom is -0.496 e. The molecule has 1 N–H and O–H groups in total. The maximum Gasteiger partial charge on any atom is 0.278 e. The maximum absolute atomic E-state index is 11.8. The van der Waals surface area contributed by atoms with E-state index in [0.29, 0.717) is 16.3 Å². The van der Waals surface area contributed by atoms with Gasteiger partial charge in [-0.25, -0.2) is 5.48 Å². The number of benzene rings is 1. The summed E-state index contributed by atoms with van der Waals surface area (Å²) >= 11 is 5.81. The molecule has 1 aromatic carbocycles. The van der Waals surface area contributed by atoms with E-state index in [1.54, 1.807) is 18.2 Å². The molecule has 0 aliphatic heterocycles. The standard InChI is InChI=1S/C12H16ClNO3/c1-12(2,3)17-14-11(15)9-6-5-8(13)7-10(9)16-4/h5-7H,1-4H3,(H,14,15). The van der Waals surface area contributed by atoms with Crippen LogP contribution in [-0.2, 0) is 4.84 Å². The van der Waals surface area contributed by atoms with Crippen LogP contribution in [-0.4, -0.2) is 18.6 Å². The lowest BCUT2D eigenvalue weighted by Gasteiger charge is -2.19. The van der Waals surface area contributed by atoms with Crippen molar-refractivity contribution in [3.05, 3.63) is 28.8 Å². The number of hydrogen-bond acceptors (Lipinski definition) is 3. The van der Waals surface area contributed by atoms with Gasteiger partial charge in [-0.2, -0.15) is 0 Å². The summed E-state index contributed by atoms with van der Waals surface area (Å²) in [6, 6.07) is 4.78. The summed E-state index contributed by atoms with van der Waals surface area (Å²) in [5.41, 5.74) is 2.30. The number of amides is 1. The first-order valence-corrected chi connectivity index (χ1v) is 5.53. The van der Waals surface area contributed by atoms with Crippen molar-refractivity contribution in [2.75, 3.05) is 7.11 Å². The number of ether oxygens (including phenoxy) is 1. The highest BCUT2D eigenvalue weighted by atomic mass is 35.5. The Labute approximate surface area is 106 Å². The van der Waals surface area contributed by atoms with Crippen LogP contribution in [0.3, 0.4) is 0 Å². The molecule has 4 nitrogen and oxygen atoms in total. The molecule has 0 heterocycles. The van der Waals surface area contributed by atoms with E-state index in [1.165, 1.54) is 7.11 Å². The highest BCUT2D eigenvalue weighted by Crippen LogP contribution is 2.23. The lowest BCUT2D eigenvalue weighted by molar-refractivity contribution is -0.0590. The van der Waals surface area contributed by atoms with E-state index < -0.39 is 5.60 Å². The lowest BCUT2D eigenvalue weighted by Crippen LogP contribution is -2.33. The van der Waals surface area contributed by atoms with E-state index in [1.807, 2.05) is 20.8 Å². The second-order valence-corrected chi connectivity index (χ2v) is 4.93. The molecule has 0 aliphatic carbocycles. The molecule has 1 amide bonds. The average Bonchev–Trinajstić information content (AvgIpc) is 2.24. The Morgan fingerprint density at radius 1 is 1.35 bits per heavy atom. The fourth-order valence-electron chi connectivity index (χ4n) is 1.11. The third-order valence-electron chi connectivity index (χ3n) is 1.86. The topological polar surface area (TPSA) is 47.6 Å². The Morgan fingerprint density at radius 2 is 2.00 bits per heavy atom. The minimum atomic E-state index is -0.449. The van der Waals surface area contributed by atoms with Gasteiger partial charge in [-0.15, -0.1) is 0 Å². The SMILES string of the molecule is COc1cc(Cl)ccc1C(=O)NOC(C)(C)C. The summed E-state index contributed by atoms with van der Waals surface area (Å²) < 4.78 is 5.08. The Kier molecular flexibility index (Phi) is 4.37. The normalized spacial score (nSPS) is 11.1. The van der Waals surface area contributed by atoms with Gasteiger partial charge in [-0.05, 0) is 39.0 Å². The van der Waals surface area contributed by atoms with Gasteiger partial charge in [0.25, 0.3) is 5.91 Å². The van der Waals surface area contributed by atoms with Crippen LogP contribution >= 0.6 is 11.6 Å². The molecule has 0 saturated heterocycles. The maximum atomic E-state index is 11.8. The third kappa shape index (κ3) is 4.24. The summed E-state index contributed by atoms with van der Waals surface area (Å²) in [6.07, 6.45) is 0. The number of nitrogens with one attached hydrogen (secondary N) is 1. The summed E-state index contributed by atoms with van der Waals surface area (Å²) in [7, 11) is 1.48. The first-order valence-electron chi connectivity index (χ1n) is 5.15. The van der Waals surface area contributed by atoms with Crippen molar-refractivity contribution in [2.45, 2.75) is 26.4 Å². The van der Waals surface area contributed by atoms with Crippen LogP contribution in [0.5, 0.6) is 5.75 Å². The molecule has 0 aliphatic rings. The van der Waals surface area contributed by atoms with Gasteiger partial charge in [0.15, 0.2) is 0 Å². The monoisotopic (exact) mass is 257 g/mol. The van der Waals surface area contributed by atoms with Gasteiger partial charge in [0, 0.05) is 5.02 Å². The van der Waals surface area contributed by atoms with Crippen molar-refractivity contribution < 1.29 is 14.4 Å². The van der Waals surface area contributed by atoms with Gasteiger partial charge in [0.05, 0.1) is 18.3 Å². The summed E-state index contributed by atoms with van der Waals surface area (Å²) in [6.45, 7) is 5.52. The average molecular weight is 258 g/mol. The van der Waals surface area contributed by atoms with Crippen molar-refractivity contribution in [3.8, 4) is 5.75 Å². The zero-order valence-corrected chi connectivity index (χ0v) is 11.1. The first-order chi connectivity index (χ1) is 7.83. The highest BCUT2D eigenvalue weighted by molar-refractivity contribution is 6.30. The number of hydrogen-bond donors (Lipinski definition) is 1. The van der Waals surface area contributed by atoms with Gasteiger partial charge in [-0.3, -0.25) is 9.63 Å². The number of carbonyl (C=O) groups is 1. The van der Waals surface area contributed by atoms with Crippen LogP contribution in [0.15, 0.2) is 18.2 Å². The number of hydroxylamine groups is 1. The van der Waals surface area contributed by atoms with Crippen LogP contribution < -0.4 is 10.2 Å². The molecule has 0 bridgehead atoms. The van der Waals surface area contributed by atoms with Crippen molar-refractivity contribution in [1.29, 1.82) is 0 Å². The zero-order chi connectivity index (χ0) is 13.1. The molecule has 5 heteroatoms. The molecule has 0 spiro atoms. The van der Waals surface area contributed by atoms with Gasteiger partial charge >= 0.3 is 0 Å². The van der Waals surface area contributed by atoms with Crippen LogP contribution in [0.25, 0.3) is 0 Å². The Hall–Kier alpha value is -1.26. The molecule has 0 radical (unpaired) electrons. The smallest absolute Gasteiger partial charge is 0.278 e. The quantitative estimate of drug-likeness (QED) is 0.847. The predicted molar refractivity (Wildman–Crippen MR) is 66.3 cm³/mol. The number of carbonyl (C=O) groups excluding carboxylic acids is 1. The largest absolute Gasteiger partial charge is 0.496 e. The van der Waals surface area contributed by atoms with Crippen molar-refractivity contribution in [2.24, 2.45) is 0 Å². The van der Waals surface area contributed by atoms with E-state index >= 15 is 0 Å². The van der Waals surface area contributed by atoms with E-state index in [9.17, 15) is 4.79 Å². The summed E-state index contributed by atoms with van der Waals surface area (Å²) in [4.78, 5) is 17.0. The molecule has 0 saturated carbocycles. The molecule has 1 aromatic rings. The molecule has 0 fully saturated rings. The lowest BCUT2D eigenvalue weighted by atomic mass is 10.2. The first kappa shape index (κ1) is 13.8. The van der Waals surface area contributed by atoms with Gasteiger partial charge in [-0.1, -0.05) is 11.6 Å². The van der Waals surface area contributed by atoms with E-state index in [-0.39, 0.29) is 5.91 Å². The Morgan fingerprint density at radius 3 is 2.53 bits per heavy atom. The molecule has 0 unspecified atom stereocenters. The van der Waals surface area contributed by atoms with E-state index in [4.69, 9.17) is 21.2 Å². The second-order valence-electron chi connectivity index (χ2n) is 4.49. The molecule has 0 aromatic heterocycles. The van der Waals surface area contributed by atoms with Crippen molar-refractivity contribution >= 4 is 17.5 Å². The molecular weight excluding hydrogens is 242 g/mol. The molecular formula is C12H16ClNO3. The highest BCUT2D eigenvalue weighted by Gasteiger charge is 2.16. The number of halogens is 1. The molecule has 1 rings (SSSR count). The summed E-state index contributed by atoms with van der Waals surface area (Å²) in [5.74, 6) is 0.0425. The minimum absolute atomic E-state index is 0.367. The second kappa shape index (κ2) is 5.38. The molecule has 17 heavy (non-hydrogen) atoms. The van der Waals surface area contributed by atoms with Crippen LogP contribution in [0.4, 0.5) is 0 Å². The third-order valence-corrected chi connectivity index (χ3v) is 2.09. The predicted octanol–water partition coefficient (Wildman–Crippen LogP) is 2.81. The fraction of sp³-hybridized carbons (Fsp3) is 0.417. The number of methoxy groups -OCH3 is 1. The van der Waals surface area contributed by atoms with Gasteiger partial charge in [0.2, 0.25) is 0 Å².